The molecule has 0 aromatic heterocycles. The van der Waals surface area contributed by atoms with Gasteiger partial charge >= 0.3 is 0 Å². The monoisotopic (exact) mass is 360 g/mol. The molecule has 2 aromatic rings. The van der Waals surface area contributed by atoms with Crippen LogP contribution < -0.4 is 21.7 Å². The molecule has 0 heterocycles. The van der Waals surface area contributed by atoms with Crippen LogP contribution in [0.25, 0.3) is 0 Å². The van der Waals surface area contributed by atoms with Gasteiger partial charge in [0.1, 0.15) is 0 Å². The van der Waals surface area contributed by atoms with Gasteiger partial charge in [-0.05, 0) is 43.3 Å². The number of nitrogens with two attached hydrogens (primary N) is 1. The molecule has 6 nitrogen and oxygen atoms in total. The van der Waals surface area contributed by atoms with Gasteiger partial charge in [0.2, 0.25) is 11.8 Å². The third-order valence-corrected chi connectivity index (χ3v) is 3.62. The molecule has 0 fully saturated rings. The van der Waals surface area contributed by atoms with E-state index in [-0.39, 0.29) is 18.4 Å². The Morgan fingerprint density at radius 2 is 1.80 bits per heavy atom. The summed E-state index contributed by atoms with van der Waals surface area (Å²) in [5.41, 5.74) is 7.57. The van der Waals surface area contributed by atoms with E-state index in [1.54, 1.807) is 36.4 Å². The first kappa shape index (κ1) is 18.8. The SMILES string of the molecule is Nc1ccccc1NC(=O)CCCNCC(=O)Nc1cccc(Cl)c1. The van der Waals surface area contributed by atoms with Gasteiger partial charge in [-0.25, -0.2) is 0 Å². The summed E-state index contributed by atoms with van der Waals surface area (Å²) in [6, 6.07) is 14.1. The molecule has 2 rings (SSSR count). The Morgan fingerprint density at radius 3 is 2.56 bits per heavy atom. The topological polar surface area (TPSA) is 96.2 Å². The molecule has 7 heteroatoms. The molecule has 0 aliphatic heterocycles. The molecule has 0 unspecified atom stereocenters. The minimum atomic E-state index is -0.163. The van der Waals surface area contributed by atoms with Crippen molar-refractivity contribution >= 4 is 40.5 Å². The number of carbonyl (C=O) groups excluding carboxylic acids is 2. The average Bonchev–Trinajstić information content (AvgIpc) is 2.56. The average molecular weight is 361 g/mol. The molecule has 0 spiro atoms. The molecule has 0 aliphatic carbocycles. The Kier molecular flexibility index (Phi) is 7.25. The summed E-state index contributed by atoms with van der Waals surface area (Å²) in [6.45, 7) is 0.723. The van der Waals surface area contributed by atoms with E-state index in [9.17, 15) is 9.59 Å². The van der Waals surface area contributed by atoms with E-state index in [0.717, 1.165) is 0 Å². The highest BCUT2D eigenvalue weighted by molar-refractivity contribution is 6.30. The first-order chi connectivity index (χ1) is 12.0. The number of hydrogen-bond acceptors (Lipinski definition) is 4. The Balaban J connectivity index is 1.60. The molecule has 0 bridgehead atoms. The maximum Gasteiger partial charge on any atom is 0.238 e. The fourth-order valence-corrected chi connectivity index (χ4v) is 2.36. The molecule has 25 heavy (non-hydrogen) atoms. The minimum absolute atomic E-state index is 0.108. The molecular weight excluding hydrogens is 340 g/mol. The van der Waals surface area contributed by atoms with E-state index in [1.807, 2.05) is 12.1 Å². The molecular formula is C18H21ClN4O2. The summed E-state index contributed by atoms with van der Waals surface area (Å²) in [4.78, 5) is 23.6. The van der Waals surface area contributed by atoms with Crippen molar-refractivity contribution in [3.8, 4) is 0 Å². The number of amides is 2. The lowest BCUT2D eigenvalue weighted by atomic mass is 10.2. The lowest BCUT2D eigenvalue weighted by Gasteiger charge is -2.09. The van der Waals surface area contributed by atoms with Gasteiger partial charge in [0, 0.05) is 17.1 Å². The predicted molar refractivity (Wildman–Crippen MR) is 102 cm³/mol. The zero-order chi connectivity index (χ0) is 18.1. The number of anilines is 3. The molecule has 0 radical (unpaired) electrons. The molecule has 0 atom stereocenters. The minimum Gasteiger partial charge on any atom is -0.397 e. The van der Waals surface area contributed by atoms with Gasteiger partial charge in [-0.3, -0.25) is 9.59 Å². The van der Waals surface area contributed by atoms with Crippen LogP contribution in [0.2, 0.25) is 5.02 Å². The number of carbonyl (C=O) groups is 2. The molecule has 0 saturated carbocycles. The Bertz CT molecular complexity index is 737. The highest BCUT2D eigenvalue weighted by Crippen LogP contribution is 2.17. The molecule has 132 valence electrons. The molecule has 0 saturated heterocycles. The van der Waals surface area contributed by atoms with Crippen molar-refractivity contribution in [1.29, 1.82) is 0 Å². The van der Waals surface area contributed by atoms with Gasteiger partial charge < -0.3 is 21.7 Å². The molecule has 0 aliphatic rings. The normalized spacial score (nSPS) is 10.3. The highest BCUT2D eigenvalue weighted by atomic mass is 35.5. The fourth-order valence-electron chi connectivity index (χ4n) is 2.17. The zero-order valence-electron chi connectivity index (χ0n) is 13.7. The lowest BCUT2D eigenvalue weighted by Crippen LogP contribution is -2.29. The van der Waals surface area contributed by atoms with Crippen molar-refractivity contribution < 1.29 is 9.59 Å². The van der Waals surface area contributed by atoms with E-state index >= 15 is 0 Å². The number of rotatable bonds is 8. The van der Waals surface area contributed by atoms with Gasteiger partial charge in [0.15, 0.2) is 0 Å². The van der Waals surface area contributed by atoms with Crippen molar-refractivity contribution in [2.24, 2.45) is 0 Å². The van der Waals surface area contributed by atoms with Crippen LogP contribution in [0.1, 0.15) is 12.8 Å². The maximum atomic E-state index is 11.8. The van der Waals surface area contributed by atoms with E-state index in [1.165, 1.54) is 0 Å². The number of hydrogen-bond donors (Lipinski definition) is 4. The van der Waals surface area contributed by atoms with Gasteiger partial charge in [-0.2, -0.15) is 0 Å². The summed E-state index contributed by atoms with van der Waals surface area (Å²) < 4.78 is 0. The van der Waals surface area contributed by atoms with Crippen LogP contribution in [-0.4, -0.2) is 24.9 Å². The third kappa shape index (κ3) is 6.82. The van der Waals surface area contributed by atoms with Crippen molar-refractivity contribution in [3.63, 3.8) is 0 Å². The summed E-state index contributed by atoms with van der Waals surface area (Å²) in [5.74, 6) is -0.271. The quantitative estimate of drug-likeness (QED) is 0.430. The maximum absolute atomic E-state index is 11.8. The first-order valence-corrected chi connectivity index (χ1v) is 8.33. The second kappa shape index (κ2) is 9.66. The Hall–Kier alpha value is -2.57. The van der Waals surface area contributed by atoms with Crippen LogP contribution in [0.5, 0.6) is 0 Å². The third-order valence-electron chi connectivity index (χ3n) is 3.39. The summed E-state index contributed by atoms with van der Waals surface area (Å²) in [6.07, 6.45) is 0.959. The Labute approximate surface area is 151 Å². The second-order valence-corrected chi connectivity index (χ2v) is 5.91. The number of benzene rings is 2. The predicted octanol–water partition coefficient (Wildman–Crippen LogP) is 2.87. The first-order valence-electron chi connectivity index (χ1n) is 7.95. The lowest BCUT2D eigenvalue weighted by molar-refractivity contribution is -0.116. The fraction of sp³-hybridized carbons (Fsp3) is 0.222. The number of nitrogens with one attached hydrogen (secondary N) is 3. The van der Waals surface area contributed by atoms with E-state index in [0.29, 0.717) is 41.5 Å². The van der Waals surface area contributed by atoms with Crippen molar-refractivity contribution in [2.75, 3.05) is 29.5 Å². The van der Waals surface area contributed by atoms with Crippen LogP contribution >= 0.6 is 11.6 Å². The van der Waals surface area contributed by atoms with Crippen LogP contribution in [0.4, 0.5) is 17.1 Å². The van der Waals surface area contributed by atoms with E-state index in [2.05, 4.69) is 16.0 Å². The van der Waals surface area contributed by atoms with Crippen molar-refractivity contribution in [1.82, 2.24) is 5.32 Å². The smallest absolute Gasteiger partial charge is 0.238 e. The van der Waals surface area contributed by atoms with Crippen LogP contribution in [0, 0.1) is 0 Å². The zero-order valence-corrected chi connectivity index (χ0v) is 14.5. The van der Waals surface area contributed by atoms with Gasteiger partial charge in [-0.15, -0.1) is 0 Å². The van der Waals surface area contributed by atoms with Gasteiger partial charge in [0.05, 0.1) is 17.9 Å². The van der Waals surface area contributed by atoms with Crippen LogP contribution in [0.15, 0.2) is 48.5 Å². The van der Waals surface area contributed by atoms with Gasteiger partial charge in [0.25, 0.3) is 0 Å². The standard InChI is InChI=1S/C18H21ClN4O2/c19-13-5-3-6-14(11-13)22-18(25)12-21-10-4-9-17(24)23-16-8-2-1-7-15(16)20/h1-3,5-8,11,21H,4,9-10,12,20H2,(H,22,25)(H,23,24). The van der Waals surface area contributed by atoms with E-state index in [4.69, 9.17) is 17.3 Å². The summed E-state index contributed by atoms with van der Waals surface area (Å²) in [5, 5.41) is 9.07. The number of para-hydroxylation sites is 2. The number of nitrogen functional groups attached to an aromatic ring is 1. The molecule has 2 amide bonds. The van der Waals surface area contributed by atoms with Crippen molar-refractivity contribution in [3.05, 3.63) is 53.6 Å². The molecule has 5 N–H and O–H groups in total. The number of halogens is 1. The summed E-state index contributed by atoms with van der Waals surface area (Å²) in [7, 11) is 0. The van der Waals surface area contributed by atoms with Crippen LogP contribution in [0.3, 0.4) is 0 Å². The molecule has 2 aromatic carbocycles. The van der Waals surface area contributed by atoms with Crippen molar-refractivity contribution in [2.45, 2.75) is 12.8 Å². The summed E-state index contributed by atoms with van der Waals surface area (Å²) >= 11 is 5.86. The largest absolute Gasteiger partial charge is 0.397 e. The highest BCUT2D eigenvalue weighted by Gasteiger charge is 2.05. The van der Waals surface area contributed by atoms with Gasteiger partial charge in [-0.1, -0.05) is 29.8 Å². The second-order valence-electron chi connectivity index (χ2n) is 5.47. The Morgan fingerprint density at radius 1 is 1.00 bits per heavy atom. The van der Waals surface area contributed by atoms with Crippen LogP contribution in [-0.2, 0) is 9.59 Å². The van der Waals surface area contributed by atoms with E-state index < -0.39 is 0 Å².